The van der Waals surface area contributed by atoms with Crippen molar-refractivity contribution in [1.82, 2.24) is 15.5 Å². The first kappa shape index (κ1) is 15.1. The molecule has 0 saturated heterocycles. The maximum atomic E-state index is 5.36. The van der Waals surface area contributed by atoms with Gasteiger partial charge in [-0.15, -0.1) is 11.8 Å². The van der Waals surface area contributed by atoms with E-state index in [1.807, 2.05) is 24.9 Å². The summed E-state index contributed by atoms with van der Waals surface area (Å²) in [6, 6.07) is 10.7. The molecule has 0 aliphatic carbocycles. The Morgan fingerprint density at radius 1 is 1.25 bits per heavy atom. The maximum Gasteiger partial charge on any atom is 0.230 e. The molecule has 1 heterocycles. The average Bonchev–Trinajstić information content (AvgIpc) is 2.94. The van der Waals surface area contributed by atoms with Gasteiger partial charge in [0.1, 0.15) is 0 Å². The van der Waals surface area contributed by atoms with Crippen molar-refractivity contribution in [2.24, 2.45) is 0 Å². The number of benzene rings is 1. The predicted molar refractivity (Wildman–Crippen MR) is 82.1 cm³/mol. The van der Waals surface area contributed by atoms with Crippen molar-refractivity contribution in [2.75, 3.05) is 12.8 Å². The highest BCUT2D eigenvalue weighted by Crippen LogP contribution is 2.24. The van der Waals surface area contributed by atoms with E-state index in [1.165, 1.54) is 4.90 Å². The van der Waals surface area contributed by atoms with Gasteiger partial charge in [-0.25, -0.2) is 0 Å². The van der Waals surface area contributed by atoms with Crippen LogP contribution in [-0.2, 0) is 6.42 Å². The van der Waals surface area contributed by atoms with Gasteiger partial charge in [0.25, 0.3) is 0 Å². The zero-order chi connectivity index (χ0) is 14.4. The summed E-state index contributed by atoms with van der Waals surface area (Å²) in [5, 5.41) is 7.22. The van der Waals surface area contributed by atoms with Gasteiger partial charge in [0.2, 0.25) is 5.89 Å². The van der Waals surface area contributed by atoms with Gasteiger partial charge in [-0.1, -0.05) is 30.3 Å². The number of hydrogen-bond donors (Lipinski definition) is 1. The van der Waals surface area contributed by atoms with E-state index in [1.54, 1.807) is 0 Å². The van der Waals surface area contributed by atoms with Crippen LogP contribution >= 0.6 is 11.8 Å². The number of nitrogens with one attached hydrogen (secondary N) is 1. The minimum Gasteiger partial charge on any atom is -0.339 e. The molecule has 20 heavy (non-hydrogen) atoms. The molecule has 2 aromatic rings. The van der Waals surface area contributed by atoms with E-state index in [2.05, 4.69) is 53.6 Å². The van der Waals surface area contributed by atoms with Crippen molar-refractivity contribution in [3.8, 4) is 0 Å². The highest BCUT2D eigenvalue weighted by atomic mass is 32.2. The summed E-state index contributed by atoms with van der Waals surface area (Å²) in [4.78, 5) is 5.75. The molecule has 0 radical (unpaired) electrons. The van der Waals surface area contributed by atoms with Gasteiger partial charge in [0.15, 0.2) is 5.82 Å². The molecule has 0 aliphatic rings. The molecular formula is C15H21N3OS. The fourth-order valence-electron chi connectivity index (χ4n) is 1.74. The molecule has 0 saturated carbocycles. The monoisotopic (exact) mass is 291 g/mol. The Labute approximate surface area is 124 Å². The zero-order valence-corrected chi connectivity index (χ0v) is 13.0. The molecule has 108 valence electrons. The smallest absolute Gasteiger partial charge is 0.230 e. The van der Waals surface area contributed by atoms with Crippen LogP contribution in [-0.4, -0.2) is 29.0 Å². The predicted octanol–water partition coefficient (Wildman–Crippen LogP) is 3.12. The van der Waals surface area contributed by atoms with E-state index in [0.29, 0.717) is 6.04 Å². The van der Waals surface area contributed by atoms with E-state index < -0.39 is 0 Å². The van der Waals surface area contributed by atoms with Gasteiger partial charge >= 0.3 is 0 Å². The van der Waals surface area contributed by atoms with Crippen LogP contribution < -0.4 is 5.32 Å². The Hall–Kier alpha value is -1.33. The van der Waals surface area contributed by atoms with E-state index in [-0.39, 0.29) is 5.92 Å². The van der Waals surface area contributed by atoms with Gasteiger partial charge in [-0.05, 0) is 26.1 Å². The third kappa shape index (κ3) is 4.35. The Kier molecular flexibility index (Phi) is 5.61. The lowest BCUT2D eigenvalue weighted by Gasteiger charge is -2.06. The van der Waals surface area contributed by atoms with Gasteiger partial charge in [-0.2, -0.15) is 4.98 Å². The van der Waals surface area contributed by atoms with Crippen LogP contribution in [0.1, 0.15) is 31.5 Å². The molecule has 1 N–H and O–H groups in total. The number of nitrogens with zero attached hydrogens (tertiary/aromatic N) is 2. The Morgan fingerprint density at radius 2 is 2.00 bits per heavy atom. The van der Waals surface area contributed by atoms with Crippen LogP contribution in [0.4, 0.5) is 0 Å². The largest absolute Gasteiger partial charge is 0.339 e. The lowest BCUT2D eigenvalue weighted by molar-refractivity contribution is 0.360. The first-order chi connectivity index (χ1) is 9.69. The van der Waals surface area contributed by atoms with Crippen molar-refractivity contribution < 1.29 is 4.52 Å². The Morgan fingerprint density at radius 3 is 2.70 bits per heavy atom. The molecule has 1 aromatic carbocycles. The molecule has 0 aliphatic heterocycles. The molecule has 2 rings (SSSR count). The third-order valence-electron chi connectivity index (χ3n) is 3.13. The number of rotatable bonds is 7. The summed E-state index contributed by atoms with van der Waals surface area (Å²) >= 11 is 1.81. The van der Waals surface area contributed by atoms with Crippen LogP contribution in [0.3, 0.4) is 0 Å². The van der Waals surface area contributed by atoms with Gasteiger partial charge in [-0.3, -0.25) is 0 Å². The second-order valence-electron chi connectivity index (χ2n) is 4.97. The van der Waals surface area contributed by atoms with Crippen LogP contribution in [0.15, 0.2) is 39.8 Å². The number of thioether (sulfide) groups is 1. The number of hydrogen-bond acceptors (Lipinski definition) is 5. The minimum atomic E-state index is 0.256. The average molecular weight is 291 g/mol. The summed E-state index contributed by atoms with van der Waals surface area (Å²) in [6.45, 7) is 4.22. The van der Waals surface area contributed by atoms with Crippen molar-refractivity contribution in [1.29, 1.82) is 0 Å². The van der Waals surface area contributed by atoms with Gasteiger partial charge < -0.3 is 9.84 Å². The first-order valence-electron chi connectivity index (χ1n) is 6.86. The third-order valence-corrected chi connectivity index (χ3v) is 4.40. The summed E-state index contributed by atoms with van der Waals surface area (Å²) in [5.74, 6) is 2.70. The summed E-state index contributed by atoms with van der Waals surface area (Å²) in [5.41, 5.74) is 0. The lowest BCUT2D eigenvalue weighted by Crippen LogP contribution is -2.24. The van der Waals surface area contributed by atoms with Crippen molar-refractivity contribution in [2.45, 2.75) is 37.1 Å². The van der Waals surface area contributed by atoms with E-state index in [0.717, 1.165) is 23.9 Å². The molecule has 0 spiro atoms. The number of aromatic nitrogens is 2. The van der Waals surface area contributed by atoms with Gasteiger partial charge in [0.05, 0.1) is 0 Å². The molecule has 0 amide bonds. The highest BCUT2D eigenvalue weighted by molar-refractivity contribution is 7.99. The molecule has 1 aromatic heterocycles. The summed E-state index contributed by atoms with van der Waals surface area (Å²) in [6.07, 6.45) is 0.790. The molecule has 2 atom stereocenters. The van der Waals surface area contributed by atoms with E-state index >= 15 is 0 Å². The summed E-state index contributed by atoms with van der Waals surface area (Å²) < 4.78 is 5.36. The lowest BCUT2D eigenvalue weighted by atomic mass is 10.2. The normalized spacial score (nSPS) is 14.2. The van der Waals surface area contributed by atoms with Crippen LogP contribution in [0.25, 0.3) is 0 Å². The Bertz CT molecular complexity index is 515. The highest BCUT2D eigenvalue weighted by Gasteiger charge is 2.15. The molecular weight excluding hydrogens is 270 g/mol. The van der Waals surface area contributed by atoms with Crippen molar-refractivity contribution in [3.63, 3.8) is 0 Å². The first-order valence-corrected chi connectivity index (χ1v) is 7.85. The van der Waals surface area contributed by atoms with Crippen molar-refractivity contribution in [3.05, 3.63) is 42.0 Å². The Balaban J connectivity index is 1.88. The van der Waals surface area contributed by atoms with E-state index in [4.69, 9.17) is 4.52 Å². The molecule has 5 heteroatoms. The van der Waals surface area contributed by atoms with Crippen LogP contribution in [0.5, 0.6) is 0 Å². The maximum absolute atomic E-state index is 5.36. The second-order valence-corrected chi connectivity index (χ2v) is 6.06. The zero-order valence-electron chi connectivity index (χ0n) is 12.2. The van der Waals surface area contributed by atoms with E-state index in [9.17, 15) is 0 Å². The standard InChI is InChI=1S/C15H21N3OS/c1-11(10-20-13-7-5-4-6-8-13)15-17-14(18-19-15)9-12(2)16-3/h4-8,11-12,16H,9-10H2,1-3H3. The second kappa shape index (κ2) is 7.45. The SMILES string of the molecule is CNC(C)Cc1noc(C(C)CSc2ccccc2)n1. The topological polar surface area (TPSA) is 51.0 Å². The molecule has 4 nitrogen and oxygen atoms in total. The molecule has 0 bridgehead atoms. The van der Waals surface area contributed by atoms with Gasteiger partial charge in [0, 0.05) is 29.0 Å². The van der Waals surface area contributed by atoms with Crippen LogP contribution in [0, 0.1) is 0 Å². The number of likely N-dealkylation sites (N-methyl/N-ethyl adjacent to an activating group) is 1. The summed E-state index contributed by atoms with van der Waals surface area (Å²) in [7, 11) is 1.94. The fraction of sp³-hybridized carbons (Fsp3) is 0.467. The minimum absolute atomic E-state index is 0.256. The van der Waals surface area contributed by atoms with Crippen LogP contribution in [0.2, 0.25) is 0 Å². The van der Waals surface area contributed by atoms with Crippen molar-refractivity contribution >= 4 is 11.8 Å². The quantitative estimate of drug-likeness (QED) is 0.794. The molecule has 0 fully saturated rings. The fourth-order valence-corrected chi connectivity index (χ4v) is 2.67. The molecule has 2 unspecified atom stereocenters.